The summed E-state index contributed by atoms with van der Waals surface area (Å²) in [7, 11) is 1.64. The fraction of sp³-hybridized carbons (Fsp3) is 0.545. The highest BCUT2D eigenvalue weighted by Crippen LogP contribution is 2.19. The van der Waals surface area contributed by atoms with E-state index in [0.29, 0.717) is 44.3 Å². The molecule has 8 heteroatoms. The maximum atomic E-state index is 12.5. The lowest BCUT2D eigenvalue weighted by atomic mass is 9.98. The smallest absolute Gasteiger partial charge is 0.310 e. The zero-order valence-electron chi connectivity index (χ0n) is 17.6. The molecule has 2 aromatic rings. The highest BCUT2D eigenvalue weighted by atomic mass is 16.5. The van der Waals surface area contributed by atoms with Gasteiger partial charge < -0.3 is 18.8 Å². The van der Waals surface area contributed by atoms with Gasteiger partial charge in [0.2, 0.25) is 17.7 Å². The Labute approximate surface area is 176 Å². The van der Waals surface area contributed by atoms with Crippen LogP contribution >= 0.6 is 0 Å². The van der Waals surface area contributed by atoms with Crippen molar-refractivity contribution >= 4 is 11.9 Å². The summed E-state index contributed by atoms with van der Waals surface area (Å²) in [5.41, 5.74) is 1.13. The highest BCUT2D eigenvalue weighted by Gasteiger charge is 2.29. The number of esters is 1. The van der Waals surface area contributed by atoms with Crippen LogP contribution in [0.2, 0.25) is 0 Å². The van der Waals surface area contributed by atoms with Gasteiger partial charge in [-0.05, 0) is 43.9 Å². The van der Waals surface area contributed by atoms with Crippen molar-refractivity contribution in [2.24, 2.45) is 5.92 Å². The molecule has 2 heterocycles. The molecular formula is C22H29N3O5. The number of ether oxygens (including phenoxy) is 2. The van der Waals surface area contributed by atoms with Crippen LogP contribution in [0.3, 0.4) is 0 Å². The molecule has 1 aliphatic heterocycles. The molecule has 30 heavy (non-hydrogen) atoms. The summed E-state index contributed by atoms with van der Waals surface area (Å²) in [6.45, 7) is 3.25. The number of aromatic nitrogens is 2. The van der Waals surface area contributed by atoms with Gasteiger partial charge in [0, 0.05) is 32.4 Å². The van der Waals surface area contributed by atoms with Crippen molar-refractivity contribution in [3.05, 3.63) is 41.6 Å². The molecule has 1 aliphatic rings. The Hall–Kier alpha value is -2.90. The maximum Gasteiger partial charge on any atom is 0.310 e. The predicted molar refractivity (Wildman–Crippen MR) is 109 cm³/mol. The molecule has 0 aliphatic carbocycles. The van der Waals surface area contributed by atoms with E-state index in [1.165, 1.54) is 0 Å². The summed E-state index contributed by atoms with van der Waals surface area (Å²) >= 11 is 0. The molecule has 0 radical (unpaired) electrons. The first-order valence-electron chi connectivity index (χ1n) is 10.5. The van der Waals surface area contributed by atoms with E-state index in [4.69, 9.17) is 13.9 Å². The number of benzene rings is 1. The topological polar surface area (TPSA) is 94.8 Å². The van der Waals surface area contributed by atoms with Crippen LogP contribution in [0.15, 0.2) is 28.7 Å². The Morgan fingerprint density at radius 1 is 1.20 bits per heavy atom. The van der Waals surface area contributed by atoms with Gasteiger partial charge in [0.15, 0.2) is 0 Å². The van der Waals surface area contributed by atoms with Gasteiger partial charge >= 0.3 is 5.97 Å². The molecule has 8 nitrogen and oxygen atoms in total. The van der Waals surface area contributed by atoms with Crippen LogP contribution in [0.4, 0.5) is 0 Å². The maximum absolute atomic E-state index is 12.5. The average molecular weight is 415 g/mol. The molecule has 1 atom stereocenters. The molecule has 1 amide bonds. The second-order valence-electron chi connectivity index (χ2n) is 7.37. The molecular weight excluding hydrogens is 386 g/mol. The molecule has 1 unspecified atom stereocenters. The van der Waals surface area contributed by atoms with Gasteiger partial charge in [-0.15, -0.1) is 10.2 Å². The molecule has 0 N–H and O–H groups in total. The molecule has 0 saturated carbocycles. The van der Waals surface area contributed by atoms with Gasteiger partial charge in [0.25, 0.3) is 0 Å². The van der Waals surface area contributed by atoms with Crippen LogP contribution in [-0.4, -0.2) is 53.8 Å². The molecule has 3 rings (SSSR count). The van der Waals surface area contributed by atoms with E-state index in [1.807, 2.05) is 24.3 Å². The zero-order valence-corrected chi connectivity index (χ0v) is 17.6. The van der Waals surface area contributed by atoms with Crippen LogP contribution in [0.5, 0.6) is 5.75 Å². The van der Waals surface area contributed by atoms with Gasteiger partial charge in [-0.2, -0.15) is 0 Å². The van der Waals surface area contributed by atoms with Crippen LogP contribution in [0, 0.1) is 5.92 Å². The first-order chi connectivity index (χ1) is 14.6. The van der Waals surface area contributed by atoms with E-state index in [1.54, 1.807) is 18.9 Å². The first-order valence-corrected chi connectivity index (χ1v) is 10.5. The quantitative estimate of drug-likeness (QED) is 0.581. The fourth-order valence-corrected chi connectivity index (χ4v) is 3.60. The summed E-state index contributed by atoms with van der Waals surface area (Å²) < 4.78 is 16.0. The van der Waals surface area contributed by atoms with Gasteiger partial charge in [-0.1, -0.05) is 12.1 Å². The predicted octanol–water partition coefficient (Wildman–Crippen LogP) is 2.60. The van der Waals surface area contributed by atoms with Gasteiger partial charge in [0.1, 0.15) is 5.75 Å². The van der Waals surface area contributed by atoms with E-state index in [9.17, 15) is 9.59 Å². The molecule has 0 bridgehead atoms. The fourth-order valence-electron chi connectivity index (χ4n) is 3.60. The highest BCUT2D eigenvalue weighted by molar-refractivity contribution is 5.78. The number of carbonyl (C=O) groups excluding carboxylic acids is 2. The zero-order chi connectivity index (χ0) is 21.3. The monoisotopic (exact) mass is 415 g/mol. The Bertz CT molecular complexity index is 851. The number of nitrogens with zero attached hydrogens (tertiary/aromatic N) is 3. The summed E-state index contributed by atoms with van der Waals surface area (Å²) in [4.78, 5) is 26.2. The van der Waals surface area contributed by atoms with Crippen LogP contribution < -0.4 is 4.74 Å². The van der Waals surface area contributed by atoms with Gasteiger partial charge in [0.05, 0.1) is 19.6 Å². The molecule has 1 aromatic heterocycles. The number of amides is 1. The lowest BCUT2D eigenvalue weighted by Crippen LogP contribution is -2.42. The number of carbonyl (C=O) groups is 2. The van der Waals surface area contributed by atoms with Crippen LogP contribution in [0.1, 0.15) is 43.5 Å². The number of likely N-dealkylation sites (tertiary alicyclic amines) is 1. The Morgan fingerprint density at radius 3 is 2.77 bits per heavy atom. The van der Waals surface area contributed by atoms with Crippen molar-refractivity contribution in [3.63, 3.8) is 0 Å². The van der Waals surface area contributed by atoms with Gasteiger partial charge in [-0.25, -0.2) is 0 Å². The van der Waals surface area contributed by atoms with Crippen molar-refractivity contribution in [1.82, 2.24) is 15.1 Å². The standard InChI is InChI=1S/C22H29N3O5/c1-3-29-22(27)17-7-5-13-25(15-17)21(26)12-11-20-24-23-19(30-20)10-9-16-6-4-8-18(14-16)28-2/h4,6,8,14,17H,3,5,7,9-13,15H2,1-2H3. The van der Waals surface area contributed by atoms with E-state index in [-0.39, 0.29) is 24.2 Å². The van der Waals surface area contributed by atoms with Crippen molar-refractivity contribution in [1.29, 1.82) is 0 Å². The number of hydrogen-bond acceptors (Lipinski definition) is 7. The number of aryl methyl sites for hydroxylation is 3. The minimum absolute atomic E-state index is 0.000119. The van der Waals surface area contributed by atoms with Crippen molar-refractivity contribution in [2.45, 2.75) is 45.4 Å². The molecule has 162 valence electrons. The lowest BCUT2D eigenvalue weighted by molar-refractivity contribution is -0.151. The summed E-state index contributed by atoms with van der Waals surface area (Å²) in [5, 5.41) is 8.15. The van der Waals surface area contributed by atoms with Crippen LogP contribution in [0.25, 0.3) is 0 Å². The molecule has 1 saturated heterocycles. The third-order valence-corrected chi connectivity index (χ3v) is 5.22. The summed E-state index contributed by atoms with van der Waals surface area (Å²) in [6.07, 6.45) is 3.65. The summed E-state index contributed by atoms with van der Waals surface area (Å²) in [6, 6.07) is 7.87. The van der Waals surface area contributed by atoms with E-state index < -0.39 is 0 Å². The largest absolute Gasteiger partial charge is 0.497 e. The second-order valence-corrected chi connectivity index (χ2v) is 7.37. The van der Waals surface area contributed by atoms with E-state index >= 15 is 0 Å². The van der Waals surface area contributed by atoms with E-state index in [0.717, 1.165) is 30.6 Å². The number of rotatable bonds is 9. The Balaban J connectivity index is 1.45. The molecule has 0 spiro atoms. The van der Waals surface area contributed by atoms with Crippen molar-refractivity contribution in [2.75, 3.05) is 26.8 Å². The van der Waals surface area contributed by atoms with Crippen molar-refractivity contribution < 1.29 is 23.5 Å². The normalized spacial score (nSPS) is 16.3. The third kappa shape index (κ3) is 6.05. The minimum atomic E-state index is -0.228. The molecule has 1 fully saturated rings. The minimum Gasteiger partial charge on any atom is -0.497 e. The SMILES string of the molecule is CCOC(=O)C1CCCN(C(=O)CCc2nnc(CCc3cccc(OC)c3)o2)C1. The first kappa shape index (κ1) is 21.8. The Kier molecular flexibility index (Phi) is 7.82. The van der Waals surface area contributed by atoms with Crippen LogP contribution in [-0.2, 0) is 33.6 Å². The van der Waals surface area contributed by atoms with E-state index in [2.05, 4.69) is 10.2 Å². The van der Waals surface area contributed by atoms with Gasteiger partial charge in [-0.3, -0.25) is 9.59 Å². The lowest BCUT2D eigenvalue weighted by Gasteiger charge is -2.31. The number of hydrogen-bond donors (Lipinski definition) is 0. The second kappa shape index (κ2) is 10.8. The molecule has 1 aromatic carbocycles. The number of methoxy groups -OCH3 is 1. The third-order valence-electron chi connectivity index (χ3n) is 5.22. The number of piperidine rings is 1. The summed E-state index contributed by atoms with van der Waals surface area (Å²) in [5.74, 6) is 1.39. The average Bonchev–Trinajstić information content (AvgIpc) is 3.24. The van der Waals surface area contributed by atoms with Crippen molar-refractivity contribution in [3.8, 4) is 5.75 Å². The Morgan fingerprint density at radius 2 is 2.00 bits per heavy atom.